The fraction of sp³-hybridized carbons (Fsp3) is 0.923. The molecule has 0 aliphatic carbocycles. The molecule has 0 amide bonds. The second-order valence-electron chi connectivity index (χ2n) is 11.1. The Morgan fingerprint density at radius 2 is 1.42 bits per heavy atom. The van der Waals surface area contributed by atoms with Crippen molar-refractivity contribution in [2.45, 2.75) is 131 Å². The molecule has 0 aliphatic rings. The van der Waals surface area contributed by atoms with Crippen LogP contribution in [0.4, 0.5) is 0 Å². The minimum atomic E-state index is -2.28. The summed E-state index contributed by atoms with van der Waals surface area (Å²) in [5.74, 6) is 0. The Bertz CT molecular complexity index is 464. The van der Waals surface area contributed by atoms with Crippen molar-refractivity contribution >= 4 is 26.7 Å². The van der Waals surface area contributed by atoms with Gasteiger partial charge in [-0.25, -0.2) is 0 Å². The van der Waals surface area contributed by atoms with Crippen LogP contribution in [0, 0.1) is 0 Å². The molecule has 0 aliphatic heterocycles. The first-order chi connectivity index (χ1) is 14.5. The number of ether oxygens (including phenoxy) is 2. The van der Waals surface area contributed by atoms with Crippen molar-refractivity contribution in [1.29, 1.82) is 0 Å². The molecule has 5 heteroatoms. The van der Waals surface area contributed by atoms with Gasteiger partial charge in [-0.15, -0.1) is 0 Å². The first kappa shape index (κ1) is 31.6. The number of hydrogen-bond donors (Lipinski definition) is 0. The summed E-state index contributed by atoms with van der Waals surface area (Å²) in [6.45, 7) is 22.0. The van der Waals surface area contributed by atoms with Gasteiger partial charge in [-0.05, 0) is 0 Å². The first-order valence-corrected chi connectivity index (χ1v) is 23.5. The third-order valence-corrected chi connectivity index (χ3v) is 26.3. The molecule has 0 saturated carbocycles. The average Bonchev–Trinajstić information content (AvgIpc) is 2.70. The van der Waals surface area contributed by atoms with Crippen molar-refractivity contribution in [2.24, 2.45) is 0 Å². The van der Waals surface area contributed by atoms with E-state index in [1.54, 1.807) is 12.7 Å². The zero-order valence-corrected chi connectivity index (χ0v) is 26.7. The van der Waals surface area contributed by atoms with Gasteiger partial charge in [0.1, 0.15) is 0 Å². The summed E-state index contributed by atoms with van der Waals surface area (Å²) >= 11 is -2.28. The Hall–Kier alpha value is 0.636. The number of rotatable bonds is 18. The van der Waals surface area contributed by atoms with Crippen molar-refractivity contribution in [1.82, 2.24) is 0 Å². The molecule has 0 rings (SSSR count). The molecule has 0 N–H and O–H groups in total. The Morgan fingerprint density at radius 1 is 0.935 bits per heavy atom. The molecular formula is C26H56O3SiSn. The minimum absolute atomic E-state index is 0.0813. The number of unbranched alkanes of at least 4 members (excludes halogenated alkanes) is 3. The van der Waals surface area contributed by atoms with Crippen LogP contribution >= 0.6 is 0 Å². The zero-order valence-electron chi connectivity index (χ0n) is 22.9. The summed E-state index contributed by atoms with van der Waals surface area (Å²) in [4.78, 5) is 0. The van der Waals surface area contributed by atoms with E-state index in [-0.39, 0.29) is 11.1 Å². The SMILES string of the molecule is CCC[CH2][Sn](/[CH]=C(/C)C[C@@H](CO[Si](C)(C)C(C)(C)C)OCOC)([CH2]CCC)[CH2]CCC. The van der Waals surface area contributed by atoms with Crippen molar-refractivity contribution in [3.05, 3.63) is 9.67 Å². The van der Waals surface area contributed by atoms with Crippen LogP contribution in [0.3, 0.4) is 0 Å². The third kappa shape index (κ3) is 13.2. The summed E-state index contributed by atoms with van der Waals surface area (Å²) < 4.78 is 25.3. The Kier molecular flexibility index (Phi) is 16.6. The summed E-state index contributed by atoms with van der Waals surface area (Å²) in [5, 5.41) is 0.218. The van der Waals surface area contributed by atoms with E-state index in [4.69, 9.17) is 13.9 Å². The van der Waals surface area contributed by atoms with Crippen molar-refractivity contribution in [3.8, 4) is 0 Å². The molecule has 31 heavy (non-hydrogen) atoms. The molecule has 0 heterocycles. The molecule has 186 valence electrons. The van der Waals surface area contributed by atoms with Crippen molar-refractivity contribution < 1.29 is 13.9 Å². The molecule has 0 bridgehead atoms. The van der Waals surface area contributed by atoms with Gasteiger partial charge in [0.05, 0.1) is 0 Å². The summed E-state index contributed by atoms with van der Waals surface area (Å²) in [6.07, 6.45) is 9.25. The monoisotopic (exact) mass is 564 g/mol. The van der Waals surface area contributed by atoms with Gasteiger partial charge in [0.25, 0.3) is 0 Å². The molecule has 0 aromatic heterocycles. The van der Waals surface area contributed by atoms with Crippen LogP contribution in [0.25, 0.3) is 0 Å². The predicted molar refractivity (Wildman–Crippen MR) is 143 cm³/mol. The van der Waals surface area contributed by atoms with Gasteiger partial charge >= 0.3 is 202 Å². The van der Waals surface area contributed by atoms with Gasteiger partial charge in [0.15, 0.2) is 0 Å². The Balaban J connectivity index is 5.48. The zero-order chi connectivity index (χ0) is 24.0. The van der Waals surface area contributed by atoms with Crippen LogP contribution in [-0.2, 0) is 13.9 Å². The number of hydrogen-bond acceptors (Lipinski definition) is 3. The van der Waals surface area contributed by atoms with E-state index in [9.17, 15) is 0 Å². The maximum atomic E-state index is 6.53. The number of methoxy groups -OCH3 is 1. The van der Waals surface area contributed by atoms with Crippen LogP contribution in [-0.4, -0.2) is 53.3 Å². The topological polar surface area (TPSA) is 27.7 Å². The van der Waals surface area contributed by atoms with Crippen LogP contribution in [0.5, 0.6) is 0 Å². The Labute approximate surface area is 201 Å². The fourth-order valence-electron chi connectivity index (χ4n) is 3.97. The van der Waals surface area contributed by atoms with Gasteiger partial charge in [-0.3, -0.25) is 0 Å². The molecule has 0 spiro atoms. The van der Waals surface area contributed by atoms with E-state index in [0.29, 0.717) is 13.4 Å². The van der Waals surface area contributed by atoms with Crippen LogP contribution in [0.2, 0.25) is 31.4 Å². The molecule has 0 saturated heterocycles. The first-order valence-electron chi connectivity index (χ1n) is 12.9. The van der Waals surface area contributed by atoms with E-state index in [2.05, 4.69) is 65.7 Å². The normalized spacial score (nSPS) is 14.8. The van der Waals surface area contributed by atoms with Crippen LogP contribution in [0.1, 0.15) is 93.4 Å². The van der Waals surface area contributed by atoms with Gasteiger partial charge in [-0.2, -0.15) is 0 Å². The molecule has 0 aromatic carbocycles. The fourth-order valence-corrected chi connectivity index (χ4v) is 20.8. The summed E-state index contributed by atoms with van der Waals surface area (Å²) in [7, 11) is -0.0802. The molecule has 1 atom stereocenters. The maximum absolute atomic E-state index is 6.53. The summed E-state index contributed by atoms with van der Waals surface area (Å²) in [6, 6.07) is 0. The van der Waals surface area contributed by atoms with Gasteiger partial charge in [0, 0.05) is 0 Å². The van der Waals surface area contributed by atoms with E-state index in [0.717, 1.165) is 6.42 Å². The Morgan fingerprint density at radius 3 is 1.81 bits per heavy atom. The van der Waals surface area contributed by atoms with E-state index in [1.165, 1.54) is 51.8 Å². The third-order valence-electron chi connectivity index (χ3n) is 7.04. The second-order valence-corrected chi connectivity index (χ2v) is 28.8. The van der Waals surface area contributed by atoms with Crippen molar-refractivity contribution in [3.63, 3.8) is 0 Å². The molecule has 0 aromatic rings. The molecule has 3 nitrogen and oxygen atoms in total. The van der Waals surface area contributed by atoms with Crippen molar-refractivity contribution in [2.75, 3.05) is 20.5 Å². The van der Waals surface area contributed by atoms with Gasteiger partial charge in [0.2, 0.25) is 0 Å². The quantitative estimate of drug-likeness (QED) is 0.123. The standard InChI is InChI=1S/C14H29O3Si.3C4H9.Sn/c1-12(2)9-13(16-11-15-6)10-17-18(7,8)14(3,4)5;3*1-3-4-2;/h1,13H,9-11H2,2-8H3;3*1,3-4H2,2H3;/t13-;;;;/m0..../s1. The van der Waals surface area contributed by atoms with Gasteiger partial charge < -0.3 is 0 Å². The van der Waals surface area contributed by atoms with Crippen LogP contribution in [0.15, 0.2) is 9.67 Å². The molecular weight excluding hydrogens is 507 g/mol. The van der Waals surface area contributed by atoms with E-state index >= 15 is 0 Å². The molecule has 0 unspecified atom stereocenters. The van der Waals surface area contributed by atoms with Crippen LogP contribution < -0.4 is 0 Å². The average molecular weight is 564 g/mol. The van der Waals surface area contributed by atoms with E-state index < -0.39 is 26.7 Å². The molecule has 0 fully saturated rings. The van der Waals surface area contributed by atoms with Gasteiger partial charge in [-0.1, -0.05) is 0 Å². The van der Waals surface area contributed by atoms with E-state index in [1.807, 2.05) is 0 Å². The predicted octanol–water partition coefficient (Wildman–Crippen LogP) is 8.72. The molecule has 0 radical (unpaired) electrons. The second kappa shape index (κ2) is 16.3. The summed E-state index contributed by atoms with van der Waals surface area (Å²) in [5.41, 5.74) is 1.54.